The highest BCUT2D eigenvalue weighted by atomic mass is 16.3. The van der Waals surface area contributed by atoms with Gasteiger partial charge in [0, 0.05) is 25.1 Å². The minimum atomic E-state index is -0.524. The van der Waals surface area contributed by atoms with E-state index in [1.807, 2.05) is 11.0 Å². The molecular weight excluding hydrogens is 364 g/mol. The first kappa shape index (κ1) is 20.7. The summed E-state index contributed by atoms with van der Waals surface area (Å²) in [4.78, 5) is 30.1. The van der Waals surface area contributed by atoms with E-state index >= 15 is 0 Å². The van der Waals surface area contributed by atoms with Gasteiger partial charge in [-0.1, -0.05) is 35.9 Å². The van der Waals surface area contributed by atoms with Gasteiger partial charge >= 0.3 is 0 Å². The molecule has 2 aromatic rings. The zero-order valence-corrected chi connectivity index (χ0v) is 16.6. The molecule has 1 N–H and O–H groups in total. The van der Waals surface area contributed by atoms with E-state index in [4.69, 9.17) is 5.11 Å². The van der Waals surface area contributed by atoms with E-state index in [0.29, 0.717) is 17.3 Å². The van der Waals surface area contributed by atoms with E-state index in [9.17, 15) is 9.59 Å². The number of ketones is 1. The number of pyridine rings is 1. The van der Waals surface area contributed by atoms with Gasteiger partial charge in [-0.05, 0) is 55.7 Å². The van der Waals surface area contributed by atoms with Gasteiger partial charge in [-0.25, -0.2) is 4.98 Å². The number of hydrogen-bond donors (Lipinski definition) is 1. The van der Waals surface area contributed by atoms with Gasteiger partial charge < -0.3 is 10.0 Å². The molecule has 0 spiro atoms. The van der Waals surface area contributed by atoms with Crippen LogP contribution in [0.4, 0.5) is 0 Å². The van der Waals surface area contributed by atoms with Crippen molar-refractivity contribution in [1.29, 1.82) is 0 Å². The first-order valence-corrected chi connectivity index (χ1v) is 9.87. The van der Waals surface area contributed by atoms with Gasteiger partial charge in [-0.15, -0.1) is 0 Å². The summed E-state index contributed by atoms with van der Waals surface area (Å²) in [6.45, 7) is 3.06. The van der Waals surface area contributed by atoms with Crippen molar-refractivity contribution in [2.24, 2.45) is 0 Å². The summed E-state index contributed by atoms with van der Waals surface area (Å²) in [5, 5.41) is 8.77. The van der Waals surface area contributed by atoms with Crippen LogP contribution in [0.5, 0.6) is 0 Å². The van der Waals surface area contributed by atoms with Gasteiger partial charge in [0.25, 0.3) is 0 Å². The van der Waals surface area contributed by atoms with Crippen molar-refractivity contribution in [2.75, 3.05) is 19.7 Å². The number of piperidine rings is 1. The molecule has 1 fully saturated rings. The predicted molar refractivity (Wildman–Crippen MR) is 114 cm³/mol. The third-order valence-electron chi connectivity index (χ3n) is 5.03. The summed E-state index contributed by atoms with van der Waals surface area (Å²) in [6, 6.07) is 13.9. The van der Waals surface area contributed by atoms with Crippen LogP contribution in [0.3, 0.4) is 0 Å². The van der Waals surface area contributed by atoms with Gasteiger partial charge in [0.15, 0.2) is 5.78 Å². The fourth-order valence-electron chi connectivity index (χ4n) is 3.52. The normalized spacial score (nSPS) is 17.2. The SMILES string of the molecule is Cc1cccc(C2CCCN(C(=O)/C=C/c3cccc(/C=C/C(=O)CO)n3)C2)c1. The maximum absolute atomic E-state index is 12.7. The summed E-state index contributed by atoms with van der Waals surface area (Å²) < 4.78 is 0. The zero-order chi connectivity index (χ0) is 20.6. The van der Waals surface area contributed by atoms with Crippen LogP contribution < -0.4 is 0 Å². The van der Waals surface area contributed by atoms with Gasteiger partial charge in [-0.3, -0.25) is 9.59 Å². The first-order valence-electron chi connectivity index (χ1n) is 9.87. The Kier molecular flexibility index (Phi) is 7.09. The average Bonchev–Trinajstić information content (AvgIpc) is 2.76. The van der Waals surface area contributed by atoms with Gasteiger partial charge in [0.1, 0.15) is 6.61 Å². The second-order valence-corrected chi connectivity index (χ2v) is 7.32. The minimum Gasteiger partial charge on any atom is -0.388 e. The molecule has 150 valence electrons. The number of rotatable bonds is 6. The lowest BCUT2D eigenvalue weighted by molar-refractivity contribution is -0.127. The molecule has 0 aliphatic carbocycles. The molecule has 1 amide bonds. The Morgan fingerprint density at radius 1 is 1.14 bits per heavy atom. The van der Waals surface area contributed by atoms with Crippen LogP contribution in [-0.2, 0) is 9.59 Å². The number of nitrogens with zero attached hydrogens (tertiary/aromatic N) is 2. The number of aliphatic hydroxyl groups excluding tert-OH is 1. The lowest BCUT2D eigenvalue weighted by atomic mass is 9.90. The standard InChI is InChI=1S/C24H26N2O3/c1-18-5-2-6-19(15-18)20-7-4-14-26(16-20)24(29)13-11-22-9-3-8-21(25-22)10-12-23(28)17-27/h2-3,5-6,8-13,15,20,27H,4,7,14,16-17H2,1H3/b12-10+,13-11+. The number of aryl methyl sites for hydroxylation is 1. The topological polar surface area (TPSA) is 70.5 Å². The molecule has 1 unspecified atom stereocenters. The minimum absolute atomic E-state index is 0.0134. The van der Waals surface area contributed by atoms with Crippen LogP contribution in [0.2, 0.25) is 0 Å². The summed E-state index contributed by atoms with van der Waals surface area (Å²) in [6.07, 6.45) is 8.20. The Morgan fingerprint density at radius 2 is 1.86 bits per heavy atom. The van der Waals surface area contributed by atoms with Crippen LogP contribution in [0.25, 0.3) is 12.2 Å². The molecule has 2 heterocycles. The van der Waals surface area contributed by atoms with Crippen molar-refractivity contribution in [3.8, 4) is 0 Å². The monoisotopic (exact) mass is 390 g/mol. The molecule has 1 aromatic heterocycles. The van der Waals surface area contributed by atoms with Crippen molar-refractivity contribution >= 4 is 23.8 Å². The van der Waals surface area contributed by atoms with E-state index in [2.05, 4.69) is 36.2 Å². The average molecular weight is 390 g/mol. The molecule has 1 aliphatic heterocycles. The number of likely N-dealkylation sites (tertiary alicyclic amines) is 1. The highest BCUT2D eigenvalue weighted by Gasteiger charge is 2.23. The number of amides is 1. The number of benzene rings is 1. The van der Waals surface area contributed by atoms with Crippen LogP contribution in [-0.4, -0.2) is 46.4 Å². The summed E-state index contributed by atoms with van der Waals surface area (Å²) in [7, 11) is 0. The van der Waals surface area contributed by atoms with Crippen LogP contribution in [0.15, 0.2) is 54.6 Å². The summed E-state index contributed by atoms with van der Waals surface area (Å²) >= 11 is 0. The molecule has 1 aliphatic rings. The Bertz CT molecular complexity index is 933. The number of aromatic nitrogens is 1. The Morgan fingerprint density at radius 3 is 2.59 bits per heavy atom. The smallest absolute Gasteiger partial charge is 0.246 e. The predicted octanol–water partition coefficient (Wildman–Crippen LogP) is 3.38. The Balaban J connectivity index is 1.64. The number of aliphatic hydroxyl groups is 1. The van der Waals surface area contributed by atoms with Crippen LogP contribution in [0.1, 0.15) is 41.3 Å². The number of carbonyl (C=O) groups is 2. The molecule has 1 saturated heterocycles. The van der Waals surface area contributed by atoms with Crippen LogP contribution >= 0.6 is 0 Å². The largest absolute Gasteiger partial charge is 0.388 e. The van der Waals surface area contributed by atoms with Gasteiger partial charge in [-0.2, -0.15) is 0 Å². The van der Waals surface area contributed by atoms with E-state index in [-0.39, 0.29) is 11.7 Å². The molecule has 29 heavy (non-hydrogen) atoms. The molecule has 1 atom stereocenters. The second kappa shape index (κ2) is 9.94. The third-order valence-corrected chi connectivity index (χ3v) is 5.03. The lowest BCUT2D eigenvalue weighted by Gasteiger charge is -2.32. The fraction of sp³-hybridized carbons (Fsp3) is 0.292. The molecule has 3 rings (SSSR count). The zero-order valence-electron chi connectivity index (χ0n) is 16.6. The Labute approximate surface area is 171 Å². The van der Waals surface area contributed by atoms with Crippen molar-refractivity contribution in [3.63, 3.8) is 0 Å². The van der Waals surface area contributed by atoms with E-state index in [0.717, 1.165) is 25.9 Å². The molecule has 5 heteroatoms. The molecule has 0 radical (unpaired) electrons. The Hall–Kier alpha value is -3.05. The highest BCUT2D eigenvalue weighted by molar-refractivity contribution is 5.94. The van der Waals surface area contributed by atoms with E-state index in [1.165, 1.54) is 17.2 Å². The molecular formula is C24H26N2O3. The molecule has 0 saturated carbocycles. The van der Waals surface area contributed by atoms with Crippen molar-refractivity contribution in [3.05, 3.63) is 77.1 Å². The maximum atomic E-state index is 12.7. The maximum Gasteiger partial charge on any atom is 0.246 e. The van der Waals surface area contributed by atoms with Crippen molar-refractivity contribution < 1.29 is 14.7 Å². The van der Waals surface area contributed by atoms with Gasteiger partial charge in [0.2, 0.25) is 5.91 Å². The van der Waals surface area contributed by atoms with Crippen LogP contribution in [0, 0.1) is 6.92 Å². The number of carbonyl (C=O) groups excluding carboxylic acids is 2. The number of hydrogen-bond acceptors (Lipinski definition) is 4. The highest BCUT2D eigenvalue weighted by Crippen LogP contribution is 2.27. The van der Waals surface area contributed by atoms with E-state index in [1.54, 1.807) is 30.4 Å². The van der Waals surface area contributed by atoms with Gasteiger partial charge in [0.05, 0.1) is 11.4 Å². The first-order chi connectivity index (χ1) is 14.0. The van der Waals surface area contributed by atoms with E-state index < -0.39 is 6.61 Å². The second-order valence-electron chi connectivity index (χ2n) is 7.32. The molecule has 1 aromatic carbocycles. The van der Waals surface area contributed by atoms with Crippen molar-refractivity contribution in [1.82, 2.24) is 9.88 Å². The molecule has 5 nitrogen and oxygen atoms in total. The fourth-order valence-corrected chi connectivity index (χ4v) is 3.52. The summed E-state index contributed by atoms with van der Waals surface area (Å²) in [5.41, 5.74) is 3.78. The van der Waals surface area contributed by atoms with Crippen molar-refractivity contribution in [2.45, 2.75) is 25.7 Å². The third kappa shape index (κ3) is 5.96. The lowest BCUT2D eigenvalue weighted by Crippen LogP contribution is -2.38. The molecule has 0 bridgehead atoms. The quantitative estimate of drug-likeness (QED) is 0.768. The summed E-state index contributed by atoms with van der Waals surface area (Å²) in [5.74, 6) is -0.0200.